The maximum absolute atomic E-state index is 2.23. The Labute approximate surface area is 151 Å². The first-order valence-corrected chi connectivity index (χ1v) is 16.1. The zero-order valence-electron chi connectivity index (χ0n) is 14.9. The molecule has 0 N–H and O–H groups in total. The van der Waals surface area contributed by atoms with Crippen LogP contribution in [0.5, 0.6) is 0 Å². The van der Waals surface area contributed by atoms with E-state index in [0.717, 1.165) is 0 Å². The Balaban J connectivity index is -0.0000000257. The Morgan fingerprint density at radius 3 is 0.278 bits per heavy atom. The van der Waals surface area contributed by atoms with Gasteiger partial charge in [-0.2, -0.15) is 0 Å². The van der Waals surface area contributed by atoms with Crippen molar-refractivity contribution in [1.82, 2.24) is 0 Å². The van der Waals surface area contributed by atoms with Gasteiger partial charge >= 0.3 is 40.8 Å². The van der Waals surface area contributed by atoms with Crippen LogP contribution in [-0.2, 0) is 40.8 Å². The van der Waals surface area contributed by atoms with Crippen LogP contribution in [0, 0.1) is 0 Å². The topological polar surface area (TPSA) is 0 Å². The maximum atomic E-state index is 2.23. The van der Waals surface area contributed by atoms with E-state index >= 15 is 0 Å². The van der Waals surface area contributed by atoms with Crippen LogP contribution < -0.4 is 0 Å². The predicted molar refractivity (Wildman–Crippen MR) is 110 cm³/mol. The van der Waals surface area contributed by atoms with Crippen molar-refractivity contribution >= 4 is 31.7 Å². The monoisotopic (exact) mass is 686 g/mol. The van der Waals surface area contributed by atoms with Crippen molar-refractivity contribution in [3.05, 3.63) is 0 Å². The fourth-order valence-electron chi connectivity index (χ4n) is 0. The molecule has 0 atom stereocenters. The van der Waals surface area contributed by atoms with E-state index in [1.54, 1.807) is 0 Å². The third-order valence-electron chi connectivity index (χ3n) is 0. The summed E-state index contributed by atoms with van der Waals surface area (Å²) in [6.45, 7) is 26.8. The molecule has 0 aromatic heterocycles. The van der Waals surface area contributed by atoms with E-state index in [0.29, 0.717) is 31.7 Å². The van der Waals surface area contributed by atoms with Crippen molar-refractivity contribution in [3.63, 3.8) is 0 Å². The van der Waals surface area contributed by atoms with E-state index < -0.39 is 0 Å². The molecule has 6 heteroatoms. The van der Waals surface area contributed by atoms with Gasteiger partial charge < -0.3 is 0 Å². The van der Waals surface area contributed by atoms with Crippen LogP contribution in [0.1, 0.15) is 0 Å². The van der Waals surface area contributed by atoms with Crippen LogP contribution in [0.25, 0.3) is 0 Å². The molecule has 0 fully saturated rings. The Kier molecular flexibility index (Phi) is 66.7. The normalized spacial score (nSPS) is 8.00. The van der Waals surface area contributed by atoms with E-state index in [4.69, 9.17) is 0 Å². The van der Waals surface area contributed by atoms with Gasteiger partial charge in [0.15, 0.2) is 0 Å². The molecule has 0 unspecified atom stereocenters. The molecule has 18 heavy (non-hydrogen) atoms. The first kappa shape index (κ1) is 37.4. The third kappa shape index (κ3) is 669. The summed E-state index contributed by atoms with van der Waals surface area (Å²) in [7, 11) is 1.52. The molecule has 0 saturated heterocycles. The molecule has 0 aromatic rings. The molecule has 0 nitrogen and oxygen atoms in total. The van der Waals surface area contributed by atoms with Gasteiger partial charge in [-0.25, -0.2) is 0 Å². The third-order valence-corrected chi connectivity index (χ3v) is 0. The first-order valence-electron chi connectivity index (χ1n) is 5.37. The summed E-state index contributed by atoms with van der Waals surface area (Å²) in [6, 6.07) is 0. The van der Waals surface area contributed by atoms with Crippen molar-refractivity contribution < 1.29 is 40.8 Å². The molecule has 0 spiro atoms. The van der Waals surface area contributed by atoms with E-state index in [-0.39, 0.29) is 40.8 Å². The van der Waals surface area contributed by atoms with Crippen LogP contribution in [-0.4, -0.2) is 80.0 Å². The van der Waals surface area contributed by atoms with E-state index in [2.05, 4.69) is 80.0 Å². The fourth-order valence-corrected chi connectivity index (χ4v) is 0. The average molecular weight is 685 g/mol. The second-order valence-corrected chi connectivity index (χ2v) is 16.1. The van der Waals surface area contributed by atoms with Crippen molar-refractivity contribution in [2.24, 2.45) is 0 Å². The van der Waals surface area contributed by atoms with Crippen molar-refractivity contribution in [2.45, 2.75) is 0 Å². The van der Waals surface area contributed by atoms with Crippen molar-refractivity contribution in [2.75, 3.05) is 80.0 Å². The van der Waals surface area contributed by atoms with Gasteiger partial charge in [-0.3, -0.25) is 0 Å². The fraction of sp³-hybridized carbons (Fsp3) is 1.00. The molecular weight excluding hydrogens is 640 g/mol. The Morgan fingerprint density at radius 2 is 0.278 bits per heavy atom. The van der Waals surface area contributed by atoms with Crippen LogP contribution in [0.3, 0.4) is 0 Å². The van der Waals surface area contributed by atoms with E-state index in [1.807, 2.05) is 0 Å². The number of hydrogen-bond acceptors (Lipinski definition) is 0. The van der Waals surface area contributed by atoms with Gasteiger partial charge in [0, 0.05) is 0 Å². The van der Waals surface area contributed by atoms with Crippen LogP contribution in [0.4, 0.5) is 0 Å². The van der Waals surface area contributed by atoms with E-state index in [9.17, 15) is 0 Å². The summed E-state index contributed by atoms with van der Waals surface area (Å²) in [6.07, 6.45) is 0. The van der Waals surface area contributed by atoms with Crippen molar-refractivity contribution in [1.29, 1.82) is 0 Å². The molecule has 0 aliphatic carbocycles. The summed E-state index contributed by atoms with van der Waals surface area (Å²) in [4.78, 5) is 0. The van der Waals surface area contributed by atoms with Gasteiger partial charge in [0.2, 0.25) is 0 Å². The summed E-state index contributed by atoms with van der Waals surface area (Å²) in [5.41, 5.74) is 0. The van der Waals surface area contributed by atoms with Crippen LogP contribution in [0.2, 0.25) is 0 Å². The summed E-state index contributed by atoms with van der Waals surface area (Å²) < 4.78 is 0. The molecule has 0 amide bonds. The van der Waals surface area contributed by atoms with Gasteiger partial charge in [0.25, 0.3) is 0 Å². The summed E-state index contributed by atoms with van der Waals surface area (Å²) >= 11 is 0. The molecule has 0 aliphatic rings. The molecule has 0 aliphatic heterocycles. The summed E-state index contributed by atoms with van der Waals surface area (Å²) in [5.74, 6) is 0. The minimum atomic E-state index is 0. The summed E-state index contributed by atoms with van der Waals surface area (Å²) in [5, 5.41) is 0. The number of rotatable bonds is 0. The quantitative estimate of drug-likeness (QED) is 0.344. The van der Waals surface area contributed by atoms with Crippen LogP contribution in [0.15, 0.2) is 0 Å². The SMILES string of the molecule is CP(C)C.CP(C)C.CP(C)C.CP(C)C.[ReH4].[ReH4]. The van der Waals surface area contributed by atoms with Gasteiger partial charge in [0.1, 0.15) is 0 Å². The zero-order chi connectivity index (χ0) is 14.3. The standard InChI is InChI=1S/4C3H9P.2Re.8H/c4*1-4(2)3;;;;;;;;;;/h4*1-3H3;;;;;;;;;;. The van der Waals surface area contributed by atoms with Crippen LogP contribution >= 0.6 is 31.7 Å². The van der Waals surface area contributed by atoms with Gasteiger partial charge in [-0.15, -0.1) is 31.7 Å². The van der Waals surface area contributed by atoms with Gasteiger partial charge in [-0.1, -0.05) is 0 Å². The molecule has 126 valence electrons. The average Bonchev–Trinajstić information content (AvgIpc) is 1.76. The second kappa shape index (κ2) is 32.1. The van der Waals surface area contributed by atoms with Gasteiger partial charge in [0.05, 0.1) is 0 Å². The van der Waals surface area contributed by atoms with Crippen molar-refractivity contribution in [3.8, 4) is 0 Å². The Morgan fingerprint density at radius 1 is 0.278 bits per heavy atom. The van der Waals surface area contributed by atoms with Gasteiger partial charge in [-0.05, 0) is 80.0 Å². The molecule has 0 saturated carbocycles. The first-order chi connectivity index (χ1) is 6.93. The van der Waals surface area contributed by atoms with E-state index in [1.165, 1.54) is 0 Å². The molecule has 0 rings (SSSR count). The minimum absolute atomic E-state index is 0. The predicted octanol–water partition coefficient (Wildman–Crippen LogP) is 3.28. The Bertz CT molecular complexity index is 65.1. The number of hydrogen-bond donors (Lipinski definition) is 0. The second-order valence-electron chi connectivity index (χ2n) is 5.37. The Hall–Kier alpha value is 3.04. The zero-order valence-corrected chi connectivity index (χ0v) is 26.8. The molecule has 0 aromatic carbocycles. The molecular formula is C12H44P4Re2. The molecule has 2 radical (unpaired) electrons. The molecule has 0 bridgehead atoms. The molecule has 0 heterocycles.